The number of nitrogens with zero attached hydrogens (tertiary/aromatic N) is 3. The molecule has 0 aliphatic heterocycles. The van der Waals surface area contributed by atoms with Crippen molar-refractivity contribution in [2.45, 2.75) is 12.2 Å². The van der Waals surface area contributed by atoms with Crippen molar-refractivity contribution in [2.75, 3.05) is 6.54 Å². The van der Waals surface area contributed by atoms with E-state index >= 15 is 0 Å². The molecule has 2 N–H and O–H groups in total. The molecule has 0 radical (unpaired) electrons. The molecule has 1 aromatic carbocycles. The smallest absolute Gasteiger partial charge is 0.133 e. The van der Waals surface area contributed by atoms with Crippen LogP contribution >= 0.6 is 15.9 Å². The molecular weight excluding hydrogens is 300 g/mol. The fraction of sp³-hybridized carbons (Fsp3) is 0.333. The Balaban J connectivity index is 3.03. The summed E-state index contributed by atoms with van der Waals surface area (Å²) in [5.41, 5.74) is 7.37. The summed E-state index contributed by atoms with van der Waals surface area (Å²) in [6.07, 6.45) is -3.37. The second kappa shape index (κ2) is 5.92. The minimum absolute atomic E-state index is 0.174. The lowest BCUT2D eigenvalue weighted by Gasteiger charge is -2.17. The molecule has 2 unspecified atom stereocenters. The molecule has 0 amide bonds. The Morgan fingerprint density at radius 2 is 1.88 bits per heavy atom. The van der Waals surface area contributed by atoms with Gasteiger partial charge in [-0.1, -0.05) is 21.0 Å². The van der Waals surface area contributed by atoms with Gasteiger partial charge in [-0.05, 0) is 17.7 Å². The number of halogens is 3. The molecule has 0 fully saturated rings. The SMILES string of the molecule is [N-]=[N+]=NCC(O)C(O)c1c(F)cc(Br)cc1F. The summed E-state index contributed by atoms with van der Waals surface area (Å²) >= 11 is 2.88. The zero-order valence-electron chi connectivity index (χ0n) is 8.39. The maximum Gasteiger partial charge on any atom is 0.133 e. The number of hydrogen-bond donors (Lipinski definition) is 2. The van der Waals surface area contributed by atoms with Gasteiger partial charge >= 0.3 is 0 Å². The highest BCUT2D eigenvalue weighted by Crippen LogP contribution is 2.26. The highest BCUT2D eigenvalue weighted by Gasteiger charge is 2.25. The van der Waals surface area contributed by atoms with Gasteiger partial charge in [0.2, 0.25) is 0 Å². The molecule has 92 valence electrons. The third-order valence-electron chi connectivity index (χ3n) is 2.04. The van der Waals surface area contributed by atoms with Gasteiger partial charge in [0.1, 0.15) is 17.7 Å². The quantitative estimate of drug-likeness (QED) is 0.508. The van der Waals surface area contributed by atoms with Crippen molar-refractivity contribution in [2.24, 2.45) is 5.11 Å². The molecule has 8 heteroatoms. The molecular formula is C9H8BrF2N3O2. The summed E-state index contributed by atoms with van der Waals surface area (Å²) in [6.45, 7) is -0.480. The Bertz CT molecular complexity index is 443. The number of azide groups is 1. The number of aliphatic hydroxyl groups excluding tert-OH is 2. The zero-order valence-corrected chi connectivity index (χ0v) is 9.97. The molecule has 0 aliphatic carbocycles. The van der Waals surface area contributed by atoms with Gasteiger partial charge in [-0.25, -0.2) is 8.78 Å². The average molecular weight is 308 g/mol. The van der Waals surface area contributed by atoms with Crippen LogP contribution in [0.1, 0.15) is 11.7 Å². The van der Waals surface area contributed by atoms with Crippen LogP contribution in [0.25, 0.3) is 10.4 Å². The van der Waals surface area contributed by atoms with Crippen LogP contribution in [-0.2, 0) is 0 Å². The summed E-state index contributed by atoms with van der Waals surface area (Å²) in [5.74, 6) is -1.99. The summed E-state index contributed by atoms with van der Waals surface area (Å²) in [4.78, 5) is 2.37. The summed E-state index contributed by atoms with van der Waals surface area (Å²) in [5, 5.41) is 21.9. The van der Waals surface area contributed by atoms with E-state index in [2.05, 4.69) is 26.0 Å². The molecule has 17 heavy (non-hydrogen) atoms. The highest BCUT2D eigenvalue weighted by atomic mass is 79.9. The predicted molar refractivity (Wildman–Crippen MR) is 59.0 cm³/mol. The first-order chi connectivity index (χ1) is 7.97. The number of benzene rings is 1. The van der Waals surface area contributed by atoms with Crippen molar-refractivity contribution in [3.63, 3.8) is 0 Å². The summed E-state index contributed by atoms with van der Waals surface area (Å²) < 4.78 is 27.0. The number of hydrogen-bond acceptors (Lipinski definition) is 3. The third kappa shape index (κ3) is 3.37. The largest absolute Gasteiger partial charge is 0.390 e. The monoisotopic (exact) mass is 307 g/mol. The Morgan fingerprint density at radius 1 is 1.35 bits per heavy atom. The fourth-order valence-electron chi connectivity index (χ4n) is 1.25. The molecule has 1 rings (SSSR count). The van der Waals surface area contributed by atoms with E-state index in [4.69, 9.17) is 5.53 Å². The van der Waals surface area contributed by atoms with E-state index in [1.165, 1.54) is 0 Å². The topological polar surface area (TPSA) is 89.2 Å². The van der Waals surface area contributed by atoms with Gasteiger partial charge in [0.25, 0.3) is 0 Å². The van der Waals surface area contributed by atoms with Gasteiger partial charge in [0, 0.05) is 9.38 Å². The molecule has 0 heterocycles. The van der Waals surface area contributed by atoms with E-state index in [1.807, 2.05) is 0 Å². The molecule has 5 nitrogen and oxygen atoms in total. The van der Waals surface area contributed by atoms with E-state index in [0.29, 0.717) is 0 Å². The Morgan fingerprint density at radius 3 is 2.35 bits per heavy atom. The first kappa shape index (κ1) is 13.9. The maximum absolute atomic E-state index is 13.4. The van der Waals surface area contributed by atoms with E-state index in [1.54, 1.807) is 0 Å². The molecule has 0 saturated heterocycles. The van der Waals surface area contributed by atoms with Gasteiger partial charge in [0.15, 0.2) is 0 Å². The minimum atomic E-state index is -1.80. The molecule has 0 bridgehead atoms. The first-order valence-electron chi connectivity index (χ1n) is 4.48. The molecule has 0 saturated carbocycles. The Hall–Kier alpha value is -1.21. The lowest BCUT2D eigenvalue weighted by Crippen LogP contribution is -2.23. The van der Waals surface area contributed by atoms with Crippen LogP contribution in [0.4, 0.5) is 8.78 Å². The van der Waals surface area contributed by atoms with Crippen molar-refractivity contribution >= 4 is 15.9 Å². The van der Waals surface area contributed by atoms with Crippen LogP contribution in [0.2, 0.25) is 0 Å². The molecule has 0 aliphatic rings. The van der Waals surface area contributed by atoms with Crippen molar-refractivity contribution in [1.82, 2.24) is 0 Å². The number of aliphatic hydroxyl groups is 2. The normalized spacial score (nSPS) is 13.9. The van der Waals surface area contributed by atoms with E-state index in [0.717, 1.165) is 12.1 Å². The highest BCUT2D eigenvalue weighted by molar-refractivity contribution is 9.10. The Kier molecular flexibility index (Phi) is 4.83. The summed E-state index contributed by atoms with van der Waals surface area (Å²) in [7, 11) is 0. The zero-order chi connectivity index (χ0) is 13.0. The van der Waals surface area contributed by atoms with Crippen LogP contribution in [0, 0.1) is 11.6 Å². The lowest BCUT2D eigenvalue weighted by molar-refractivity contribution is 0.0199. The van der Waals surface area contributed by atoms with Crippen molar-refractivity contribution < 1.29 is 19.0 Å². The first-order valence-corrected chi connectivity index (χ1v) is 5.28. The van der Waals surface area contributed by atoms with Gasteiger partial charge in [-0.15, -0.1) is 0 Å². The van der Waals surface area contributed by atoms with Gasteiger partial charge in [0.05, 0.1) is 18.2 Å². The summed E-state index contributed by atoms with van der Waals surface area (Å²) in [6, 6.07) is 1.92. The van der Waals surface area contributed by atoms with Crippen molar-refractivity contribution in [3.05, 3.63) is 44.2 Å². The third-order valence-corrected chi connectivity index (χ3v) is 2.49. The lowest BCUT2D eigenvalue weighted by atomic mass is 10.0. The predicted octanol–water partition coefficient (Wildman–Crippen LogP) is 2.43. The Labute approximate surface area is 103 Å². The molecule has 2 atom stereocenters. The second-order valence-electron chi connectivity index (χ2n) is 3.21. The van der Waals surface area contributed by atoms with E-state index in [9.17, 15) is 19.0 Å². The average Bonchev–Trinajstić information content (AvgIpc) is 2.24. The van der Waals surface area contributed by atoms with Crippen LogP contribution in [0.15, 0.2) is 21.7 Å². The fourth-order valence-corrected chi connectivity index (χ4v) is 1.65. The van der Waals surface area contributed by atoms with E-state index in [-0.39, 0.29) is 4.47 Å². The van der Waals surface area contributed by atoms with Crippen molar-refractivity contribution in [3.8, 4) is 0 Å². The number of rotatable bonds is 4. The minimum Gasteiger partial charge on any atom is -0.390 e. The molecule has 0 spiro atoms. The van der Waals surface area contributed by atoms with Gasteiger partial charge < -0.3 is 10.2 Å². The van der Waals surface area contributed by atoms with Gasteiger partial charge in [-0.3, -0.25) is 0 Å². The van der Waals surface area contributed by atoms with Crippen molar-refractivity contribution in [1.29, 1.82) is 0 Å². The van der Waals surface area contributed by atoms with E-state index < -0.39 is 36.0 Å². The molecule has 1 aromatic rings. The van der Waals surface area contributed by atoms with Crippen LogP contribution < -0.4 is 0 Å². The standard InChI is InChI=1S/C9H8BrF2N3O2/c10-4-1-5(11)8(6(12)2-4)9(17)7(16)3-14-15-13/h1-2,7,9,16-17H,3H2. The molecule has 0 aromatic heterocycles. The maximum atomic E-state index is 13.4. The van der Waals surface area contributed by atoms with Crippen LogP contribution in [-0.4, -0.2) is 22.9 Å². The van der Waals surface area contributed by atoms with Gasteiger partial charge in [-0.2, -0.15) is 0 Å². The van der Waals surface area contributed by atoms with Crippen LogP contribution in [0.3, 0.4) is 0 Å². The second-order valence-corrected chi connectivity index (χ2v) is 4.12. The van der Waals surface area contributed by atoms with Crippen LogP contribution in [0.5, 0.6) is 0 Å².